The van der Waals surface area contributed by atoms with Crippen LogP contribution in [0, 0.1) is 0 Å². The molecule has 44 nitrogen and oxygen atoms in total. The van der Waals surface area contributed by atoms with Crippen molar-refractivity contribution in [3.8, 4) is 0 Å². The van der Waals surface area contributed by atoms with E-state index in [0.717, 1.165) is 152 Å². The fourth-order valence-corrected chi connectivity index (χ4v) is 0. The van der Waals surface area contributed by atoms with Gasteiger partial charge in [0.05, 0.1) is 0 Å². The van der Waals surface area contributed by atoms with Gasteiger partial charge in [-0.05, 0) is 152 Å². The molecule has 0 unspecified atom stereocenters. The van der Waals surface area contributed by atoms with Gasteiger partial charge in [0.2, 0.25) is 0 Å². The van der Waals surface area contributed by atoms with Crippen LogP contribution in [0.4, 0.5) is 0 Å². The second-order valence-corrected chi connectivity index (χ2v) is 10.8. The van der Waals surface area contributed by atoms with Crippen molar-refractivity contribution >= 4 is 131 Å². The SMILES string of the molecule is CC(=O)[O-].CC(=O)[O-].CC(=O)[O-].CC(=O)[O-].CC(=O)[O-].CC(=O)[O-].CC(=O)[O-].CC(=O)[O-].CC(=O)[O-].CC(=O)[O-].CC(=O)[O-].CC(=O)[O-].CC(=O)[O-].CC(=O)[O-].CC(=O)[O-].CC(=O)[O-].CC(=O)[O-].CC(=O)[O-].CC(=O)[O-].CC(=O)[O-].CC(=O)[O-].CC(=O)[O-].[Au+3].[Co+2].[Fe+2].[K+].[Mn+2].[Pd+2].[Pt+2].[Re].[Ti+4]. The molecule has 3 radical (unpaired) electrons. The van der Waals surface area contributed by atoms with Crippen molar-refractivity contribution in [1.29, 1.82) is 0 Å². The van der Waals surface area contributed by atoms with Gasteiger partial charge in [0.1, 0.15) is 0 Å². The summed E-state index contributed by atoms with van der Waals surface area (Å²) in [5, 5.41) is 196. The molecule has 0 aliphatic carbocycles. The Balaban J connectivity index is -0.0000000162. The van der Waals surface area contributed by atoms with Crippen LogP contribution in [0.5, 0.6) is 0 Å². The van der Waals surface area contributed by atoms with Crippen molar-refractivity contribution in [3.63, 3.8) is 0 Å². The van der Waals surface area contributed by atoms with Gasteiger partial charge in [0.25, 0.3) is 0 Å². The number of carboxylic acids is 22. The van der Waals surface area contributed by atoms with Gasteiger partial charge in [0, 0.05) is 152 Å². The van der Waals surface area contributed by atoms with Crippen molar-refractivity contribution in [2.75, 3.05) is 0 Å². The Labute approximate surface area is 702 Å². The summed E-state index contributed by atoms with van der Waals surface area (Å²) < 4.78 is 0. The molecule has 0 rings (SSSR count). The van der Waals surface area contributed by atoms with Crippen molar-refractivity contribution in [3.05, 3.63) is 0 Å². The van der Waals surface area contributed by atoms with Crippen LogP contribution in [0.1, 0.15) is 152 Å². The molecule has 0 amide bonds. The molecular weight excluding hydrogens is 2170 g/mol. The number of carbonyl (C=O) groups is 22. The van der Waals surface area contributed by atoms with Gasteiger partial charge in [0.15, 0.2) is 0 Å². The molecule has 0 bridgehead atoms. The number of hydrogen-bond acceptors (Lipinski definition) is 44. The van der Waals surface area contributed by atoms with Gasteiger partial charge in [-0.2, -0.15) is 0 Å². The van der Waals surface area contributed by atoms with Crippen LogP contribution in [-0.2, 0) is 262 Å². The number of carboxylic acid groups (broad SMARTS) is 22. The molecular formula is C44H66AuCoFeKMnO44PdPtReTi-4. The summed E-state index contributed by atoms with van der Waals surface area (Å²) in [5.74, 6) is -23.8. The van der Waals surface area contributed by atoms with Crippen LogP contribution in [0.2, 0.25) is 0 Å². The largest absolute Gasteiger partial charge is 4.00 e. The van der Waals surface area contributed by atoms with Crippen molar-refractivity contribution in [2.45, 2.75) is 152 Å². The zero-order chi connectivity index (χ0) is 78.7. The van der Waals surface area contributed by atoms with E-state index >= 15 is 0 Å². The fourth-order valence-electron chi connectivity index (χ4n) is 0. The average Bonchev–Trinajstić information content (AvgIpc) is 3.06. The predicted molar refractivity (Wildman–Crippen MR) is 235 cm³/mol. The molecule has 0 saturated carbocycles. The first-order valence-electron chi connectivity index (χ1n) is 20.0. The second-order valence-electron chi connectivity index (χ2n) is 10.8. The maximum absolute atomic E-state index is 8.89. The van der Waals surface area contributed by atoms with E-state index < -0.39 is 131 Å². The monoisotopic (exact) mass is 2240 g/mol. The van der Waals surface area contributed by atoms with E-state index in [4.69, 9.17) is 218 Å². The molecule has 0 N–H and O–H groups in total. The molecule has 0 fully saturated rings. The third-order valence-corrected chi connectivity index (χ3v) is 0. The zero-order valence-corrected chi connectivity index (χ0v) is 71.6. The minimum Gasteiger partial charge on any atom is -0.550 e. The minimum atomic E-state index is -1.08. The van der Waals surface area contributed by atoms with E-state index in [0.29, 0.717) is 0 Å². The van der Waals surface area contributed by atoms with E-state index in [1.807, 2.05) is 0 Å². The zero-order valence-electron chi connectivity index (χ0n) is 54.8. The Hall–Kier alpha value is -5.01. The van der Waals surface area contributed by atoms with Crippen LogP contribution in [0.3, 0.4) is 0 Å². The topological polar surface area (TPSA) is 883 Å². The Morgan fingerprint density at radius 1 is 0.175 bits per heavy atom. The van der Waals surface area contributed by atoms with Gasteiger partial charge in [-0.15, -0.1) is 0 Å². The predicted octanol–water partition coefficient (Wildman–Crippen LogP) is -30.4. The van der Waals surface area contributed by atoms with E-state index in [-0.39, 0.29) is 208 Å². The standard InChI is InChI=1S/22C2H4O2.Au.Co.Fe.K.Mn.Pd.Pt.Re.Ti/c22*1-2(3)4;;;;;;;;;/h22*1H3,(H,3,4);;;;;;;;;/q;;;;;;;;;;;;;;;;;;;;;;+3;2*+2;+1;3*+2;;+4/p-22. The van der Waals surface area contributed by atoms with Gasteiger partial charge in [-0.3, -0.25) is 0 Å². The first kappa shape index (κ1) is 205. The summed E-state index contributed by atoms with van der Waals surface area (Å²) in [5.41, 5.74) is 0. The number of aliphatic carboxylic acids is 22. The van der Waals surface area contributed by atoms with Crippen LogP contribution in [-0.4, -0.2) is 131 Å². The maximum Gasteiger partial charge on any atom is 4.00 e. The van der Waals surface area contributed by atoms with Crippen molar-refractivity contribution < 1.29 is 426 Å². The molecule has 53 heteroatoms. The van der Waals surface area contributed by atoms with Crippen molar-refractivity contribution in [2.24, 2.45) is 0 Å². The third kappa shape index (κ3) is 28700. The van der Waals surface area contributed by atoms with Gasteiger partial charge >= 0.3 is 188 Å². The summed E-state index contributed by atoms with van der Waals surface area (Å²) in [4.78, 5) is 196. The first-order valence-corrected chi connectivity index (χ1v) is 20.0. The Kier molecular flexibility index (Phi) is 418. The first-order chi connectivity index (χ1) is 38.1. The molecule has 0 saturated heterocycles. The normalized spacial score (nSPS) is 5.67. The average molecular weight is 2240 g/mol. The Morgan fingerprint density at radius 2 is 0.175 bits per heavy atom. The number of carbonyl (C=O) groups excluding carboxylic acids is 22. The summed E-state index contributed by atoms with van der Waals surface area (Å²) in [6.45, 7) is 21.4. The van der Waals surface area contributed by atoms with Crippen molar-refractivity contribution in [1.82, 2.24) is 0 Å². The third-order valence-electron chi connectivity index (χ3n) is 0. The van der Waals surface area contributed by atoms with Crippen LogP contribution >= 0.6 is 0 Å². The molecule has 577 valence electrons. The van der Waals surface area contributed by atoms with Crippen LogP contribution in [0.25, 0.3) is 0 Å². The summed E-state index contributed by atoms with van der Waals surface area (Å²) in [6.07, 6.45) is 0. The molecule has 0 atom stereocenters. The fraction of sp³-hybridized carbons (Fsp3) is 0.500. The van der Waals surface area contributed by atoms with Gasteiger partial charge in [-0.1, -0.05) is 0 Å². The Morgan fingerprint density at radius 3 is 0.175 bits per heavy atom. The van der Waals surface area contributed by atoms with E-state index in [1.54, 1.807) is 0 Å². The molecule has 0 spiro atoms. The maximum atomic E-state index is 8.89. The molecule has 0 aromatic heterocycles. The van der Waals surface area contributed by atoms with E-state index in [1.165, 1.54) is 0 Å². The summed E-state index contributed by atoms with van der Waals surface area (Å²) >= 11 is 0. The molecule has 0 aliphatic heterocycles. The van der Waals surface area contributed by atoms with Crippen LogP contribution in [0.15, 0.2) is 0 Å². The summed E-state index contributed by atoms with van der Waals surface area (Å²) in [6, 6.07) is 0. The molecule has 0 aromatic rings. The van der Waals surface area contributed by atoms with E-state index in [9.17, 15) is 0 Å². The molecule has 0 aliphatic rings. The summed E-state index contributed by atoms with van der Waals surface area (Å²) in [7, 11) is 0. The number of hydrogen-bond donors (Lipinski definition) is 0. The quantitative estimate of drug-likeness (QED) is 0.203. The smallest absolute Gasteiger partial charge is 0.550 e. The minimum absolute atomic E-state index is 0. The second kappa shape index (κ2) is 198. The van der Waals surface area contributed by atoms with Crippen LogP contribution < -0.4 is 164 Å². The molecule has 97 heavy (non-hydrogen) atoms. The molecule has 0 aromatic carbocycles. The number of rotatable bonds is 0. The molecule has 0 heterocycles. The van der Waals surface area contributed by atoms with E-state index in [2.05, 4.69) is 0 Å². The van der Waals surface area contributed by atoms with Gasteiger partial charge < -0.3 is 218 Å². The Bertz CT molecular complexity index is 1250. The van der Waals surface area contributed by atoms with Gasteiger partial charge in [-0.25, -0.2) is 0 Å².